The van der Waals surface area contributed by atoms with Gasteiger partial charge in [-0.1, -0.05) is 24.2 Å². The van der Waals surface area contributed by atoms with Gasteiger partial charge in [0.15, 0.2) is 10.5 Å². The van der Waals surface area contributed by atoms with Crippen molar-refractivity contribution in [2.24, 2.45) is 5.14 Å². The Morgan fingerprint density at radius 2 is 1.94 bits per heavy atom. The molecule has 2 aromatic heterocycles. The predicted octanol–water partition coefficient (Wildman–Crippen LogP) is 4.63. The number of nitrogens with one attached hydrogen (secondary N) is 1. The molecule has 10 heteroatoms. The zero-order valence-electron chi connectivity index (χ0n) is 19.7. The smallest absolute Gasteiger partial charge is 0.257 e. The number of aryl methyl sites for hydroxylation is 1. The van der Waals surface area contributed by atoms with Crippen molar-refractivity contribution < 1.29 is 12.8 Å². The predicted molar refractivity (Wildman–Crippen MR) is 139 cm³/mol. The number of fused-ring (bicyclic) bond motifs is 1. The van der Waals surface area contributed by atoms with E-state index in [1.54, 1.807) is 13.0 Å². The second-order valence-electron chi connectivity index (χ2n) is 8.53. The number of allylic oxidation sites excluding steroid dienone is 3. The number of hydrogen-bond acceptors (Lipinski definition) is 7. The second kappa shape index (κ2) is 8.99. The Bertz CT molecular complexity index is 1610. The highest BCUT2D eigenvalue weighted by Gasteiger charge is 2.23. The number of aromatic nitrogens is 1. The van der Waals surface area contributed by atoms with Crippen LogP contribution in [-0.4, -0.2) is 25.3 Å². The molecule has 0 bridgehead atoms. The van der Waals surface area contributed by atoms with Crippen LogP contribution in [0.15, 0.2) is 69.1 Å². The Morgan fingerprint density at radius 1 is 1.23 bits per heavy atom. The topological polar surface area (TPSA) is 119 Å². The first-order valence-corrected chi connectivity index (χ1v) is 12.6. The molecule has 0 aliphatic carbocycles. The van der Waals surface area contributed by atoms with E-state index < -0.39 is 16.1 Å². The summed E-state index contributed by atoms with van der Waals surface area (Å²) in [5.41, 5.74) is 4.02. The van der Waals surface area contributed by atoms with Crippen molar-refractivity contribution in [2.45, 2.75) is 31.8 Å². The zero-order chi connectivity index (χ0) is 25.7. The highest BCUT2D eigenvalue weighted by atomic mass is 35.5. The summed E-state index contributed by atoms with van der Waals surface area (Å²) in [4.78, 5) is 19.1. The van der Waals surface area contributed by atoms with Crippen molar-refractivity contribution >= 4 is 43.9 Å². The number of pyridine rings is 1. The zero-order valence-corrected chi connectivity index (χ0v) is 21.3. The molecule has 1 aliphatic rings. The molecule has 8 nitrogen and oxygen atoms in total. The number of anilines is 1. The average Bonchev–Trinajstić information content (AvgIpc) is 2.78. The summed E-state index contributed by atoms with van der Waals surface area (Å²) in [6.07, 6.45) is 5.56. The van der Waals surface area contributed by atoms with E-state index in [1.807, 2.05) is 50.2 Å². The molecule has 0 radical (unpaired) electrons. The molecule has 3 N–H and O–H groups in total. The van der Waals surface area contributed by atoms with Crippen LogP contribution in [-0.2, 0) is 10.0 Å². The Hall–Kier alpha value is -3.40. The summed E-state index contributed by atoms with van der Waals surface area (Å²) >= 11 is 5.89. The fraction of sp³-hybridized carbons (Fsp3) is 0.200. The minimum Gasteiger partial charge on any atom is -0.455 e. The van der Waals surface area contributed by atoms with E-state index in [0.717, 1.165) is 16.8 Å². The van der Waals surface area contributed by atoms with E-state index >= 15 is 0 Å². The molecule has 0 fully saturated rings. The van der Waals surface area contributed by atoms with Gasteiger partial charge in [-0.15, -0.1) is 0 Å². The van der Waals surface area contributed by atoms with Crippen molar-refractivity contribution in [1.82, 2.24) is 9.88 Å². The normalized spacial score (nSPS) is 14.9. The van der Waals surface area contributed by atoms with Crippen LogP contribution >= 0.6 is 11.6 Å². The van der Waals surface area contributed by atoms with E-state index in [-0.39, 0.29) is 21.3 Å². The largest absolute Gasteiger partial charge is 0.455 e. The molecular weight excluding hydrogens is 488 g/mol. The SMILES string of the molecule is C=C1C=CC(c2oc3c([C@@H](C)Nc4ccc(Cl)nc4S(N)(=O)=O)cc(C)cc3c(=O)c2C)=CN1C. The Morgan fingerprint density at radius 3 is 2.60 bits per heavy atom. The van der Waals surface area contributed by atoms with Crippen molar-refractivity contribution in [3.05, 3.63) is 92.7 Å². The van der Waals surface area contributed by atoms with Gasteiger partial charge in [-0.05, 0) is 56.7 Å². The lowest BCUT2D eigenvalue weighted by Gasteiger charge is -2.22. The minimum atomic E-state index is -4.14. The third-order valence-corrected chi connectivity index (χ3v) is 6.89. The summed E-state index contributed by atoms with van der Waals surface area (Å²) in [5, 5.41) is 8.55. The monoisotopic (exact) mass is 512 g/mol. The van der Waals surface area contributed by atoms with Crippen LogP contribution in [0.2, 0.25) is 5.15 Å². The van der Waals surface area contributed by atoms with Crippen molar-refractivity contribution in [3.8, 4) is 0 Å². The molecule has 4 rings (SSSR count). The maximum absolute atomic E-state index is 13.4. The van der Waals surface area contributed by atoms with Gasteiger partial charge in [0, 0.05) is 35.6 Å². The van der Waals surface area contributed by atoms with Gasteiger partial charge in [0.1, 0.15) is 16.5 Å². The number of hydrogen-bond donors (Lipinski definition) is 2. The number of rotatable bonds is 5. The molecule has 3 aromatic rings. The van der Waals surface area contributed by atoms with Crippen LogP contribution in [0.3, 0.4) is 0 Å². The van der Waals surface area contributed by atoms with Crippen molar-refractivity contribution in [2.75, 3.05) is 12.4 Å². The third-order valence-electron chi connectivity index (χ3n) is 5.83. The van der Waals surface area contributed by atoms with Crippen LogP contribution in [0.4, 0.5) is 5.69 Å². The molecule has 182 valence electrons. The van der Waals surface area contributed by atoms with Gasteiger partial charge in [-0.3, -0.25) is 4.79 Å². The van der Waals surface area contributed by atoms with Crippen LogP contribution in [0.25, 0.3) is 16.5 Å². The molecule has 0 spiro atoms. The lowest BCUT2D eigenvalue weighted by molar-refractivity contribution is 0.560. The number of halogens is 1. The molecule has 0 amide bonds. The lowest BCUT2D eigenvalue weighted by Crippen LogP contribution is -2.19. The third kappa shape index (κ3) is 4.75. The summed E-state index contributed by atoms with van der Waals surface area (Å²) < 4.78 is 30.5. The average molecular weight is 513 g/mol. The van der Waals surface area contributed by atoms with Gasteiger partial charge in [-0.2, -0.15) is 0 Å². The maximum atomic E-state index is 13.4. The van der Waals surface area contributed by atoms with Crippen LogP contribution in [0.1, 0.15) is 35.4 Å². The van der Waals surface area contributed by atoms with E-state index in [4.69, 9.17) is 21.2 Å². The van der Waals surface area contributed by atoms with Crippen LogP contribution < -0.4 is 15.9 Å². The Kier molecular flexibility index (Phi) is 6.35. The van der Waals surface area contributed by atoms with E-state index in [1.165, 1.54) is 12.1 Å². The summed E-state index contributed by atoms with van der Waals surface area (Å²) in [6, 6.07) is 6.16. The van der Waals surface area contributed by atoms with Crippen LogP contribution in [0.5, 0.6) is 0 Å². The molecule has 0 unspecified atom stereocenters. The number of benzene rings is 1. The van der Waals surface area contributed by atoms with Gasteiger partial charge in [0.2, 0.25) is 0 Å². The lowest BCUT2D eigenvalue weighted by atomic mass is 9.98. The second-order valence-corrected chi connectivity index (χ2v) is 10.4. The quantitative estimate of drug-likeness (QED) is 0.478. The highest BCUT2D eigenvalue weighted by Crippen LogP contribution is 2.33. The van der Waals surface area contributed by atoms with Gasteiger partial charge < -0.3 is 14.6 Å². The fourth-order valence-electron chi connectivity index (χ4n) is 3.99. The first-order chi connectivity index (χ1) is 16.4. The van der Waals surface area contributed by atoms with Crippen LogP contribution in [0, 0.1) is 13.8 Å². The molecule has 3 heterocycles. The van der Waals surface area contributed by atoms with Gasteiger partial charge in [0.25, 0.3) is 10.0 Å². The highest BCUT2D eigenvalue weighted by molar-refractivity contribution is 7.89. The summed E-state index contributed by atoms with van der Waals surface area (Å²) in [7, 11) is -2.27. The van der Waals surface area contributed by atoms with Gasteiger partial charge in [-0.25, -0.2) is 18.5 Å². The van der Waals surface area contributed by atoms with Gasteiger partial charge >= 0.3 is 0 Å². The number of primary sulfonamides is 1. The molecule has 1 aromatic carbocycles. The Balaban J connectivity index is 1.88. The van der Waals surface area contributed by atoms with E-state index in [9.17, 15) is 13.2 Å². The first kappa shape index (κ1) is 24.7. The number of likely N-dealkylation sites (N-methyl/N-ethyl adjacent to an activating group) is 1. The van der Waals surface area contributed by atoms with Crippen molar-refractivity contribution in [1.29, 1.82) is 0 Å². The van der Waals surface area contributed by atoms with Gasteiger partial charge in [0.05, 0.1) is 17.1 Å². The minimum absolute atomic E-state index is 0.000748. The van der Waals surface area contributed by atoms with E-state index in [2.05, 4.69) is 16.9 Å². The molecule has 1 atom stereocenters. The molecule has 0 saturated carbocycles. The standard InChI is InChI=1S/C25H25ClN4O4S/c1-13-10-18(16(4)28-20-8-9-21(26)29-25(20)35(27,32)33)24-19(11-13)22(31)15(3)23(34-24)17-7-6-14(2)30(5)12-17/h6-12,16,28H,2H2,1,3-5H3,(H2,27,32,33)/t16-/m1/s1. The number of nitrogens with zero attached hydrogens (tertiary/aromatic N) is 2. The number of nitrogens with two attached hydrogens (primary N) is 1. The fourth-order valence-corrected chi connectivity index (χ4v) is 4.85. The first-order valence-electron chi connectivity index (χ1n) is 10.7. The summed E-state index contributed by atoms with van der Waals surface area (Å²) in [5.74, 6) is 0.453. The molecule has 35 heavy (non-hydrogen) atoms. The molecule has 0 saturated heterocycles. The molecule has 1 aliphatic heterocycles. The molecular formula is C25H25ClN4O4S. The van der Waals surface area contributed by atoms with Crippen molar-refractivity contribution in [3.63, 3.8) is 0 Å². The van der Waals surface area contributed by atoms with E-state index in [0.29, 0.717) is 27.9 Å². The summed E-state index contributed by atoms with van der Waals surface area (Å²) in [6.45, 7) is 9.40. The maximum Gasteiger partial charge on any atom is 0.257 e. The number of sulfonamides is 1. The Labute approximate surface area is 208 Å².